The number of methoxy groups -OCH3 is 1. The first-order valence-electron chi connectivity index (χ1n) is 14.4. The number of carbonyl (C=O) groups is 2. The molecule has 1 amide bonds. The van der Waals surface area contributed by atoms with E-state index < -0.39 is 35.7 Å². The Morgan fingerprint density at radius 2 is 1.37 bits per heavy atom. The number of alkyl carbamates (subject to hydrolysis) is 1. The Balaban J connectivity index is 1.66. The van der Waals surface area contributed by atoms with Crippen molar-refractivity contribution in [2.24, 2.45) is 5.92 Å². The fourth-order valence-corrected chi connectivity index (χ4v) is 4.44. The van der Waals surface area contributed by atoms with Crippen LogP contribution in [0.2, 0.25) is 0 Å². The van der Waals surface area contributed by atoms with Gasteiger partial charge in [0.1, 0.15) is 30.3 Å². The number of carboxylic acids is 1. The Hall–Kier alpha value is -4.08. The van der Waals surface area contributed by atoms with Crippen LogP contribution in [0.5, 0.6) is 11.5 Å². The van der Waals surface area contributed by atoms with E-state index in [-0.39, 0.29) is 19.3 Å². The van der Waals surface area contributed by atoms with E-state index in [0.717, 1.165) is 16.7 Å². The number of aliphatic carboxylic acids is 1. The molecule has 3 aromatic rings. The molecular formula is C34H43NO8. The van der Waals surface area contributed by atoms with Crippen molar-refractivity contribution in [1.82, 2.24) is 5.32 Å². The molecule has 0 saturated carbocycles. The first-order valence-corrected chi connectivity index (χ1v) is 14.4. The van der Waals surface area contributed by atoms with E-state index in [4.69, 9.17) is 18.9 Å². The molecule has 9 heteroatoms. The highest BCUT2D eigenvalue weighted by atomic mass is 16.6. The van der Waals surface area contributed by atoms with Gasteiger partial charge < -0.3 is 34.5 Å². The molecule has 0 aliphatic carbocycles. The van der Waals surface area contributed by atoms with Crippen molar-refractivity contribution in [2.75, 3.05) is 20.3 Å². The number of amides is 1. The van der Waals surface area contributed by atoms with Gasteiger partial charge in [-0.05, 0) is 81.0 Å². The molecule has 0 spiro atoms. The van der Waals surface area contributed by atoms with Crippen LogP contribution < -0.4 is 14.8 Å². The minimum atomic E-state index is -1.15. The second-order valence-electron chi connectivity index (χ2n) is 11.4. The predicted molar refractivity (Wildman–Crippen MR) is 163 cm³/mol. The Kier molecular flexibility index (Phi) is 12.8. The van der Waals surface area contributed by atoms with Crippen molar-refractivity contribution < 1.29 is 38.7 Å². The highest BCUT2D eigenvalue weighted by Gasteiger charge is 2.30. The molecule has 0 bridgehead atoms. The van der Waals surface area contributed by atoms with Crippen LogP contribution in [0.25, 0.3) is 0 Å². The Bertz CT molecular complexity index is 1260. The van der Waals surface area contributed by atoms with Gasteiger partial charge in [-0.15, -0.1) is 0 Å². The maximum absolute atomic E-state index is 12.6. The molecule has 0 aliphatic rings. The number of hydrogen-bond donors (Lipinski definition) is 3. The molecule has 3 N–H and O–H groups in total. The zero-order chi connectivity index (χ0) is 31.2. The molecule has 3 atom stereocenters. The average molecular weight is 594 g/mol. The normalized spacial score (nSPS) is 13.4. The van der Waals surface area contributed by atoms with Crippen molar-refractivity contribution in [3.05, 3.63) is 95.6 Å². The highest BCUT2D eigenvalue weighted by molar-refractivity contribution is 5.71. The molecule has 3 aromatic carbocycles. The van der Waals surface area contributed by atoms with Crippen LogP contribution in [-0.2, 0) is 33.7 Å². The van der Waals surface area contributed by atoms with E-state index in [2.05, 4.69) is 5.32 Å². The van der Waals surface area contributed by atoms with E-state index in [9.17, 15) is 19.8 Å². The zero-order valence-electron chi connectivity index (χ0n) is 25.3. The van der Waals surface area contributed by atoms with Crippen molar-refractivity contribution in [1.29, 1.82) is 0 Å². The number of hydrogen-bond acceptors (Lipinski definition) is 7. The molecule has 9 nitrogen and oxygen atoms in total. The molecule has 0 saturated heterocycles. The predicted octanol–water partition coefficient (Wildman–Crippen LogP) is 5.42. The van der Waals surface area contributed by atoms with Crippen LogP contribution in [0.3, 0.4) is 0 Å². The van der Waals surface area contributed by atoms with Crippen molar-refractivity contribution in [2.45, 2.75) is 64.4 Å². The van der Waals surface area contributed by atoms with Gasteiger partial charge in [0, 0.05) is 7.11 Å². The third-order valence-corrected chi connectivity index (χ3v) is 6.63. The summed E-state index contributed by atoms with van der Waals surface area (Å²) in [6.07, 6.45) is -1.44. The lowest BCUT2D eigenvalue weighted by Crippen LogP contribution is -2.47. The van der Waals surface area contributed by atoms with Gasteiger partial charge >= 0.3 is 12.1 Å². The van der Waals surface area contributed by atoms with Crippen LogP contribution in [0.15, 0.2) is 78.9 Å². The topological polar surface area (TPSA) is 124 Å². The van der Waals surface area contributed by atoms with E-state index in [1.54, 1.807) is 40.0 Å². The van der Waals surface area contributed by atoms with Gasteiger partial charge in [0.25, 0.3) is 0 Å². The number of ether oxygens (including phenoxy) is 4. The smallest absolute Gasteiger partial charge is 0.407 e. The van der Waals surface area contributed by atoms with Gasteiger partial charge in [0.2, 0.25) is 0 Å². The van der Waals surface area contributed by atoms with Crippen molar-refractivity contribution >= 4 is 12.1 Å². The summed E-state index contributed by atoms with van der Waals surface area (Å²) in [6, 6.07) is 23.6. The number of carbonyl (C=O) groups excluding carboxylic acids is 1. The number of nitrogens with one attached hydrogen (secondary N) is 1. The number of benzene rings is 3. The Labute approximate surface area is 253 Å². The summed E-state index contributed by atoms with van der Waals surface area (Å²) in [5.41, 5.74) is 1.94. The molecule has 0 unspecified atom stereocenters. The molecule has 0 heterocycles. The fraction of sp³-hybridized carbons (Fsp3) is 0.412. The second kappa shape index (κ2) is 16.5. The fourth-order valence-electron chi connectivity index (χ4n) is 4.44. The molecule has 0 aliphatic heterocycles. The lowest BCUT2D eigenvalue weighted by atomic mass is 9.89. The Morgan fingerprint density at radius 1 is 0.791 bits per heavy atom. The van der Waals surface area contributed by atoms with Crippen LogP contribution in [-0.4, -0.2) is 60.3 Å². The number of rotatable bonds is 16. The summed E-state index contributed by atoms with van der Waals surface area (Å²) in [4.78, 5) is 24.9. The molecule has 0 fully saturated rings. The first kappa shape index (κ1) is 33.4. The summed E-state index contributed by atoms with van der Waals surface area (Å²) in [5, 5.41) is 24.0. The number of carboxylic acid groups (broad SMARTS) is 1. The molecule has 232 valence electrons. The highest BCUT2D eigenvalue weighted by Crippen LogP contribution is 2.22. The minimum Gasteiger partial charge on any atom is -0.491 e. The summed E-state index contributed by atoms with van der Waals surface area (Å²) < 4.78 is 21.9. The summed E-state index contributed by atoms with van der Waals surface area (Å²) >= 11 is 0. The van der Waals surface area contributed by atoms with Gasteiger partial charge in [-0.1, -0.05) is 54.6 Å². The summed E-state index contributed by atoms with van der Waals surface area (Å²) in [5.74, 6) is -0.570. The largest absolute Gasteiger partial charge is 0.491 e. The molecule has 43 heavy (non-hydrogen) atoms. The SMILES string of the molecule is COCCOc1ccc(C[C@H](NC(=O)OC(C)(C)C)[C@@H](O)C[C@@H](Cc2ccc(OCc3ccccc3)cc2)C(=O)O)cc1. The average Bonchev–Trinajstić information content (AvgIpc) is 2.96. The van der Waals surface area contributed by atoms with E-state index in [1.807, 2.05) is 66.7 Å². The maximum Gasteiger partial charge on any atom is 0.407 e. The molecule has 0 radical (unpaired) electrons. The zero-order valence-corrected chi connectivity index (χ0v) is 25.3. The van der Waals surface area contributed by atoms with Crippen molar-refractivity contribution in [3.63, 3.8) is 0 Å². The quantitative estimate of drug-likeness (QED) is 0.188. The van der Waals surface area contributed by atoms with Crippen LogP contribution in [0, 0.1) is 5.92 Å². The number of aliphatic hydroxyl groups excluding tert-OH is 1. The van der Waals surface area contributed by atoms with Crippen LogP contribution >= 0.6 is 0 Å². The van der Waals surface area contributed by atoms with E-state index in [1.165, 1.54) is 0 Å². The number of aliphatic hydroxyl groups is 1. The molecular weight excluding hydrogens is 550 g/mol. The van der Waals surface area contributed by atoms with E-state index in [0.29, 0.717) is 31.3 Å². The second-order valence-corrected chi connectivity index (χ2v) is 11.4. The Morgan fingerprint density at radius 3 is 1.93 bits per heavy atom. The lowest BCUT2D eigenvalue weighted by Gasteiger charge is -2.28. The van der Waals surface area contributed by atoms with Gasteiger partial charge in [-0.3, -0.25) is 4.79 Å². The summed E-state index contributed by atoms with van der Waals surface area (Å²) in [7, 11) is 1.60. The molecule has 0 aromatic heterocycles. The van der Waals surface area contributed by atoms with Gasteiger partial charge in [-0.2, -0.15) is 0 Å². The third-order valence-electron chi connectivity index (χ3n) is 6.63. The lowest BCUT2D eigenvalue weighted by molar-refractivity contribution is -0.143. The standard InChI is InChI=1S/C34H43NO8/c1-34(2,3)43-33(39)35-30(21-25-12-14-28(15-13-25)41-19-18-40-4)31(36)22-27(32(37)38)20-24-10-16-29(17-11-24)42-23-26-8-6-5-7-9-26/h5-17,27,30-31,36H,18-23H2,1-4H3,(H,35,39)(H,37,38)/t27-,30+,31+/m1/s1. The molecule has 3 rings (SSSR count). The maximum atomic E-state index is 12.6. The van der Waals surface area contributed by atoms with Gasteiger partial charge in [0.05, 0.1) is 24.7 Å². The minimum absolute atomic E-state index is 0.0692. The first-order chi connectivity index (χ1) is 20.5. The van der Waals surface area contributed by atoms with E-state index >= 15 is 0 Å². The monoisotopic (exact) mass is 593 g/mol. The van der Waals surface area contributed by atoms with Crippen LogP contribution in [0.1, 0.15) is 43.9 Å². The third kappa shape index (κ3) is 12.4. The van der Waals surface area contributed by atoms with Crippen LogP contribution in [0.4, 0.5) is 4.79 Å². The van der Waals surface area contributed by atoms with Crippen molar-refractivity contribution in [3.8, 4) is 11.5 Å². The van der Waals surface area contributed by atoms with Gasteiger partial charge in [-0.25, -0.2) is 4.79 Å². The van der Waals surface area contributed by atoms with Gasteiger partial charge in [0.15, 0.2) is 0 Å². The summed E-state index contributed by atoms with van der Waals surface area (Å²) in [6.45, 7) is 6.56.